The molecule has 4 heteroatoms. The lowest BCUT2D eigenvalue weighted by molar-refractivity contribution is -0.0947. The number of piperidine rings is 1. The van der Waals surface area contributed by atoms with Gasteiger partial charge in [0.15, 0.2) is 0 Å². The SMILES string of the molecule is CCCNC1CCN(C2CCOC3(CCSC3)C2)CC1C. The molecule has 3 heterocycles. The Kier molecular flexibility index (Phi) is 5.52. The summed E-state index contributed by atoms with van der Waals surface area (Å²) in [5, 5.41) is 3.74. The molecule has 1 N–H and O–H groups in total. The molecule has 0 aromatic heterocycles. The maximum absolute atomic E-state index is 6.19. The summed E-state index contributed by atoms with van der Waals surface area (Å²) >= 11 is 2.08. The molecule has 0 aromatic carbocycles. The lowest BCUT2D eigenvalue weighted by atomic mass is 9.86. The summed E-state index contributed by atoms with van der Waals surface area (Å²) in [6, 6.07) is 1.50. The molecule has 1 spiro atoms. The largest absolute Gasteiger partial charge is 0.374 e. The van der Waals surface area contributed by atoms with Crippen LogP contribution in [0.15, 0.2) is 0 Å². The van der Waals surface area contributed by atoms with E-state index in [1.165, 1.54) is 63.2 Å². The molecule has 3 fully saturated rings. The third kappa shape index (κ3) is 3.77. The van der Waals surface area contributed by atoms with Crippen LogP contribution in [-0.2, 0) is 4.74 Å². The topological polar surface area (TPSA) is 24.5 Å². The Bertz CT molecular complexity index is 333. The van der Waals surface area contributed by atoms with Gasteiger partial charge in [0.25, 0.3) is 0 Å². The van der Waals surface area contributed by atoms with Crippen molar-refractivity contribution >= 4 is 11.8 Å². The van der Waals surface area contributed by atoms with E-state index >= 15 is 0 Å². The van der Waals surface area contributed by atoms with Crippen LogP contribution in [0.25, 0.3) is 0 Å². The second kappa shape index (κ2) is 7.20. The number of likely N-dealkylation sites (tertiary alicyclic amines) is 1. The van der Waals surface area contributed by atoms with Crippen LogP contribution >= 0.6 is 11.8 Å². The Labute approximate surface area is 134 Å². The van der Waals surface area contributed by atoms with E-state index in [9.17, 15) is 0 Å². The molecule has 0 saturated carbocycles. The van der Waals surface area contributed by atoms with E-state index in [2.05, 4.69) is 35.8 Å². The third-order valence-electron chi connectivity index (χ3n) is 5.64. The number of hydrogen-bond donors (Lipinski definition) is 1. The molecule has 0 radical (unpaired) electrons. The molecule has 0 bridgehead atoms. The van der Waals surface area contributed by atoms with Gasteiger partial charge in [-0.25, -0.2) is 0 Å². The second-order valence-corrected chi connectivity index (χ2v) is 8.41. The monoisotopic (exact) mass is 312 g/mol. The van der Waals surface area contributed by atoms with Crippen LogP contribution in [0.5, 0.6) is 0 Å². The normalized spacial score (nSPS) is 41.7. The van der Waals surface area contributed by atoms with Gasteiger partial charge in [0.05, 0.1) is 5.60 Å². The Morgan fingerprint density at radius 3 is 3.00 bits per heavy atom. The van der Waals surface area contributed by atoms with E-state index in [1.54, 1.807) is 0 Å². The highest BCUT2D eigenvalue weighted by atomic mass is 32.2. The Hall–Kier alpha value is 0.230. The molecule has 4 unspecified atom stereocenters. The zero-order chi connectivity index (χ0) is 14.7. The smallest absolute Gasteiger partial charge is 0.0795 e. The zero-order valence-corrected chi connectivity index (χ0v) is 14.6. The first-order valence-electron chi connectivity index (χ1n) is 8.91. The van der Waals surface area contributed by atoms with Gasteiger partial charge in [-0.05, 0) is 56.9 Å². The van der Waals surface area contributed by atoms with Crippen molar-refractivity contribution < 1.29 is 4.74 Å². The van der Waals surface area contributed by atoms with Crippen molar-refractivity contribution in [3.8, 4) is 0 Å². The molecule has 122 valence electrons. The van der Waals surface area contributed by atoms with Gasteiger partial charge in [0.2, 0.25) is 0 Å². The minimum Gasteiger partial charge on any atom is -0.374 e. The first kappa shape index (κ1) is 16.1. The summed E-state index contributed by atoms with van der Waals surface area (Å²) in [4.78, 5) is 2.78. The number of nitrogens with one attached hydrogen (secondary N) is 1. The standard InChI is InChI=1S/C17H32N2OS/c1-3-7-18-16-4-8-19(12-14(16)2)15-5-9-20-17(11-15)6-10-21-13-17/h14-16,18H,3-13H2,1-2H3. The second-order valence-electron chi connectivity index (χ2n) is 7.30. The van der Waals surface area contributed by atoms with E-state index in [4.69, 9.17) is 4.74 Å². The van der Waals surface area contributed by atoms with Gasteiger partial charge in [-0.3, -0.25) is 4.90 Å². The molecule has 3 aliphatic heterocycles. The molecule has 0 amide bonds. The first-order valence-corrected chi connectivity index (χ1v) is 10.1. The molecule has 3 nitrogen and oxygen atoms in total. The van der Waals surface area contributed by atoms with Gasteiger partial charge < -0.3 is 10.1 Å². The third-order valence-corrected chi connectivity index (χ3v) is 6.87. The quantitative estimate of drug-likeness (QED) is 0.863. The van der Waals surface area contributed by atoms with Crippen molar-refractivity contribution in [2.45, 2.75) is 63.6 Å². The number of ether oxygens (including phenoxy) is 1. The number of rotatable bonds is 4. The molecule has 4 atom stereocenters. The Morgan fingerprint density at radius 1 is 1.38 bits per heavy atom. The molecule has 0 aromatic rings. The summed E-state index contributed by atoms with van der Waals surface area (Å²) in [5.41, 5.74) is 0.230. The fourth-order valence-corrected chi connectivity index (χ4v) is 5.70. The van der Waals surface area contributed by atoms with E-state index in [0.717, 1.165) is 24.6 Å². The van der Waals surface area contributed by atoms with E-state index in [1.807, 2.05) is 0 Å². The number of thioether (sulfide) groups is 1. The minimum atomic E-state index is 0.230. The van der Waals surface area contributed by atoms with Gasteiger partial charge in [-0.2, -0.15) is 11.8 Å². The highest BCUT2D eigenvalue weighted by Gasteiger charge is 2.42. The summed E-state index contributed by atoms with van der Waals surface area (Å²) < 4.78 is 6.19. The fraction of sp³-hybridized carbons (Fsp3) is 1.00. The predicted octanol–water partition coefficient (Wildman–Crippen LogP) is 2.75. The van der Waals surface area contributed by atoms with Crippen molar-refractivity contribution in [2.75, 3.05) is 37.7 Å². The maximum atomic E-state index is 6.19. The van der Waals surface area contributed by atoms with Gasteiger partial charge in [0.1, 0.15) is 0 Å². The van der Waals surface area contributed by atoms with Crippen LogP contribution < -0.4 is 5.32 Å². The van der Waals surface area contributed by atoms with Gasteiger partial charge >= 0.3 is 0 Å². The highest BCUT2D eigenvalue weighted by Crippen LogP contribution is 2.40. The molecule has 3 saturated heterocycles. The van der Waals surface area contributed by atoms with Crippen LogP contribution in [0, 0.1) is 5.92 Å². The van der Waals surface area contributed by atoms with Gasteiger partial charge in [-0.15, -0.1) is 0 Å². The molecule has 0 aliphatic carbocycles. The lowest BCUT2D eigenvalue weighted by Crippen LogP contribution is -2.55. The summed E-state index contributed by atoms with van der Waals surface area (Å²) in [6.07, 6.45) is 6.36. The van der Waals surface area contributed by atoms with E-state index in [0.29, 0.717) is 0 Å². The van der Waals surface area contributed by atoms with Crippen LogP contribution in [0.4, 0.5) is 0 Å². The van der Waals surface area contributed by atoms with E-state index < -0.39 is 0 Å². The summed E-state index contributed by atoms with van der Waals surface area (Å²) in [5.74, 6) is 3.31. The predicted molar refractivity (Wildman–Crippen MR) is 91.1 cm³/mol. The number of nitrogens with zero attached hydrogens (tertiary/aromatic N) is 1. The van der Waals surface area contributed by atoms with Gasteiger partial charge in [0, 0.05) is 31.0 Å². The zero-order valence-electron chi connectivity index (χ0n) is 13.8. The first-order chi connectivity index (χ1) is 10.2. The van der Waals surface area contributed by atoms with Gasteiger partial charge in [-0.1, -0.05) is 13.8 Å². The summed E-state index contributed by atoms with van der Waals surface area (Å²) in [7, 11) is 0. The molecular weight excluding hydrogens is 280 g/mol. The lowest BCUT2D eigenvalue weighted by Gasteiger charge is -2.46. The average Bonchev–Trinajstić information content (AvgIpc) is 2.94. The highest BCUT2D eigenvalue weighted by molar-refractivity contribution is 7.99. The average molecular weight is 313 g/mol. The molecular formula is C17H32N2OS. The van der Waals surface area contributed by atoms with Crippen molar-refractivity contribution in [1.82, 2.24) is 10.2 Å². The maximum Gasteiger partial charge on any atom is 0.0795 e. The van der Waals surface area contributed by atoms with Crippen LogP contribution in [0.3, 0.4) is 0 Å². The van der Waals surface area contributed by atoms with Crippen LogP contribution in [0.2, 0.25) is 0 Å². The molecule has 3 aliphatic rings. The van der Waals surface area contributed by atoms with Crippen LogP contribution in [-0.4, -0.2) is 60.3 Å². The molecule has 3 rings (SSSR count). The Balaban J connectivity index is 1.53. The molecule has 21 heavy (non-hydrogen) atoms. The Morgan fingerprint density at radius 2 is 2.29 bits per heavy atom. The summed E-state index contributed by atoms with van der Waals surface area (Å²) in [6.45, 7) is 9.39. The van der Waals surface area contributed by atoms with Crippen molar-refractivity contribution in [3.63, 3.8) is 0 Å². The van der Waals surface area contributed by atoms with E-state index in [-0.39, 0.29) is 5.60 Å². The van der Waals surface area contributed by atoms with Crippen molar-refractivity contribution in [3.05, 3.63) is 0 Å². The van der Waals surface area contributed by atoms with Crippen molar-refractivity contribution in [1.29, 1.82) is 0 Å². The minimum absolute atomic E-state index is 0.230. The number of hydrogen-bond acceptors (Lipinski definition) is 4. The van der Waals surface area contributed by atoms with Crippen molar-refractivity contribution in [2.24, 2.45) is 5.92 Å². The van der Waals surface area contributed by atoms with Crippen LogP contribution in [0.1, 0.15) is 46.0 Å². The fourth-order valence-electron chi connectivity index (χ4n) is 4.32.